The summed E-state index contributed by atoms with van der Waals surface area (Å²) >= 11 is 0. The minimum Gasteiger partial charge on any atom is -0.469 e. The minimum atomic E-state index is -0.160. The Balaban J connectivity index is 1.71. The van der Waals surface area contributed by atoms with E-state index >= 15 is 0 Å². The molecule has 1 heterocycles. The highest BCUT2D eigenvalue weighted by molar-refractivity contribution is 5.68. The van der Waals surface area contributed by atoms with Crippen molar-refractivity contribution in [3.8, 4) is 0 Å². The van der Waals surface area contributed by atoms with Crippen LogP contribution in [-0.2, 0) is 20.8 Å². The summed E-state index contributed by atoms with van der Waals surface area (Å²) in [6, 6.07) is 21.2. The molecule has 4 nitrogen and oxygen atoms in total. The number of carbonyl (C=O) groups excluding carboxylic acids is 1. The third-order valence-electron chi connectivity index (χ3n) is 4.67. The number of hydrogen-bond acceptors (Lipinski definition) is 4. The van der Waals surface area contributed by atoms with E-state index in [0.717, 1.165) is 19.4 Å². The number of esters is 1. The van der Waals surface area contributed by atoms with Gasteiger partial charge in [-0.1, -0.05) is 60.7 Å². The first kappa shape index (κ1) is 17.6. The zero-order valence-electron chi connectivity index (χ0n) is 14.6. The minimum absolute atomic E-state index is 0.0232. The monoisotopic (exact) mass is 339 g/mol. The van der Waals surface area contributed by atoms with Gasteiger partial charge in [-0.15, -0.1) is 0 Å². The van der Waals surface area contributed by atoms with Crippen molar-refractivity contribution >= 4 is 5.97 Å². The summed E-state index contributed by atoms with van der Waals surface area (Å²) in [7, 11) is 1.43. The van der Waals surface area contributed by atoms with Crippen LogP contribution in [0.15, 0.2) is 60.7 Å². The quantitative estimate of drug-likeness (QED) is 0.717. The van der Waals surface area contributed by atoms with Crippen molar-refractivity contribution in [2.75, 3.05) is 13.7 Å². The van der Waals surface area contributed by atoms with E-state index in [-0.39, 0.29) is 18.2 Å². The van der Waals surface area contributed by atoms with E-state index in [0.29, 0.717) is 13.0 Å². The van der Waals surface area contributed by atoms with E-state index in [9.17, 15) is 4.79 Å². The van der Waals surface area contributed by atoms with Crippen LogP contribution in [0.2, 0.25) is 0 Å². The zero-order chi connectivity index (χ0) is 17.5. The lowest BCUT2D eigenvalue weighted by molar-refractivity contribution is -0.140. The molecule has 132 valence electrons. The van der Waals surface area contributed by atoms with E-state index in [1.165, 1.54) is 18.2 Å². The number of methoxy groups -OCH3 is 1. The van der Waals surface area contributed by atoms with Gasteiger partial charge in [-0.05, 0) is 24.0 Å². The lowest BCUT2D eigenvalue weighted by atomic mass is 10.0. The SMILES string of the molecule is COC(=O)CCC[C@H]1OC[C@@H](c2ccccc2)N1Cc1ccccc1. The lowest BCUT2D eigenvalue weighted by Gasteiger charge is -2.28. The van der Waals surface area contributed by atoms with Gasteiger partial charge >= 0.3 is 5.97 Å². The molecule has 0 amide bonds. The topological polar surface area (TPSA) is 38.8 Å². The van der Waals surface area contributed by atoms with Gasteiger partial charge in [0.2, 0.25) is 0 Å². The molecule has 4 heteroatoms. The number of hydrogen-bond donors (Lipinski definition) is 0. The van der Waals surface area contributed by atoms with Gasteiger partial charge in [0.05, 0.1) is 19.8 Å². The second kappa shape index (κ2) is 8.79. The molecule has 25 heavy (non-hydrogen) atoms. The van der Waals surface area contributed by atoms with Crippen LogP contribution in [0.3, 0.4) is 0 Å². The fourth-order valence-electron chi connectivity index (χ4n) is 3.34. The van der Waals surface area contributed by atoms with E-state index < -0.39 is 0 Å². The molecule has 1 saturated heterocycles. The summed E-state index contributed by atoms with van der Waals surface area (Å²) in [5.41, 5.74) is 2.54. The summed E-state index contributed by atoms with van der Waals surface area (Å²) in [4.78, 5) is 13.8. The maximum absolute atomic E-state index is 11.4. The van der Waals surface area contributed by atoms with Crippen LogP contribution in [0.5, 0.6) is 0 Å². The molecule has 0 saturated carbocycles. The Kier molecular flexibility index (Phi) is 6.20. The second-order valence-corrected chi connectivity index (χ2v) is 6.34. The molecule has 3 rings (SSSR count). The third kappa shape index (κ3) is 4.68. The van der Waals surface area contributed by atoms with Crippen molar-refractivity contribution in [3.63, 3.8) is 0 Å². The smallest absolute Gasteiger partial charge is 0.305 e. The highest BCUT2D eigenvalue weighted by atomic mass is 16.5. The van der Waals surface area contributed by atoms with Gasteiger partial charge in [0.1, 0.15) is 6.23 Å². The van der Waals surface area contributed by atoms with Gasteiger partial charge in [-0.2, -0.15) is 0 Å². The highest BCUT2D eigenvalue weighted by Crippen LogP contribution is 2.33. The molecule has 0 aromatic heterocycles. The standard InChI is InChI=1S/C21H25NO3/c1-24-21(23)14-8-13-20-22(15-17-9-4-2-5-10-17)19(16-25-20)18-11-6-3-7-12-18/h2-7,9-12,19-20H,8,13-16H2,1H3/t19-,20+/m0/s1. The number of ether oxygens (including phenoxy) is 2. The Bertz CT molecular complexity index is 659. The van der Waals surface area contributed by atoms with Crippen LogP contribution in [-0.4, -0.2) is 30.8 Å². The predicted molar refractivity (Wildman–Crippen MR) is 96.8 cm³/mol. The first-order chi connectivity index (χ1) is 12.3. The van der Waals surface area contributed by atoms with E-state index in [1.807, 2.05) is 12.1 Å². The molecule has 2 aromatic rings. The Labute approximate surface area is 149 Å². The average molecular weight is 339 g/mol. The number of benzene rings is 2. The predicted octanol–water partition coefficient (Wildman–Crippen LogP) is 3.93. The largest absolute Gasteiger partial charge is 0.469 e. The maximum Gasteiger partial charge on any atom is 0.305 e. The van der Waals surface area contributed by atoms with Gasteiger partial charge in [0.25, 0.3) is 0 Å². The summed E-state index contributed by atoms with van der Waals surface area (Å²) in [5.74, 6) is -0.160. The molecule has 2 atom stereocenters. The van der Waals surface area contributed by atoms with Crippen molar-refractivity contribution in [1.82, 2.24) is 4.90 Å². The maximum atomic E-state index is 11.4. The van der Waals surface area contributed by atoms with Gasteiger partial charge in [-0.25, -0.2) is 0 Å². The average Bonchev–Trinajstić information content (AvgIpc) is 3.05. The van der Waals surface area contributed by atoms with Gasteiger partial charge in [0, 0.05) is 13.0 Å². The van der Waals surface area contributed by atoms with Gasteiger partial charge in [-0.3, -0.25) is 9.69 Å². The molecule has 0 radical (unpaired) electrons. The fourth-order valence-corrected chi connectivity index (χ4v) is 3.34. The van der Waals surface area contributed by atoms with Gasteiger partial charge < -0.3 is 9.47 Å². The van der Waals surface area contributed by atoms with Crippen molar-refractivity contribution < 1.29 is 14.3 Å². The molecular weight excluding hydrogens is 314 g/mol. The van der Waals surface area contributed by atoms with Crippen molar-refractivity contribution in [1.29, 1.82) is 0 Å². The van der Waals surface area contributed by atoms with Crippen molar-refractivity contribution in [3.05, 3.63) is 71.8 Å². The van der Waals surface area contributed by atoms with Crippen molar-refractivity contribution in [2.45, 2.75) is 38.1 Å². The van der Waals surface area contributed by atoms with Crippen LogP contribution in [0.1, 0.15) is 36.4 Å². The summed E-state index contributed by atoms with van der Waals surface area (Å²) < 4.78 is 10.8. The highest BCUT2D eigenvalue weighted by Gasteiger charge is 2.34. The van der Waals surface area contributed by atoms with E-state index in [1.54, 1.807) is 0 Å². The molecule has 1 aliphatic rings. The van der Waals surface area contributed by atoms with E-state index in [2.05, 4.69) is 53.4 Å². The number of carbonyl (C=O) groups is 1. The first-order valence-corrected chi connectivity index (χ1v) is 8.81. The molecule has 2 aromatic carbocycles. The first-order valence-electron chi connectivity index (χ1n) is 8.81. The normalized spacial score (nSPS) is 20.5. The number of rotatable bonds is 7. The van der Waals surface area contributed by atoms with Gasteiger partial charge in [0.15, 0.2) is 0 Å². The number of nitrogens with zero attached hydrogens (tertiary/aromatic N) is 1. The Morgan fingerprint density at radius 3 is 2.48 bits per heavy atom. The Morgan fingerprint density at radius 1 is 1.12 bits per heavy atom. The Morgan fingerprint density at radius 2 is 1.80 bits per heavy atom. The van der Waals surface area contributed by atoms with Crippen LogP contribution < -0.4 is 0 Å². The summed E-state index contributed by atoms with van der Waals surface area (Å²) in [5, 5.41) is 0. The molecule has 0 unspecified atom stereocenters. The summed E-state index contributed by atoms with van der Waals surface area (Å²) in [6.07, 6.45) is 2.05. The molecular formula is C21H25NO3. The molecule has 1 fully saturated rings. The molecule has 0 bridgehead atoms. The van der Waals surface area contributed by atoms with E-state index in [4.69, 9.17) is 9.47 Å². The molecule has 0 spiro atoms. The molecule has 1 aliphatic heterocycles. The van der Waals surface area contributed by atoms with Crippen LogP contribution >= 0.6 is 0 Å². The van der Waals surface area contributed by atoms with Crippen LogP contribution in [0.25, 0.3) is 0 Å². The second-order valence-electron chi connectivity index (χ2n) is 6.34. The third-order valence-corrected chi connectivity index (χ3v) is 4.67. The summed E-state index contributed by atoms with van der Waals surface area (Å²) in [6.45, 7) is 1.52. The Hall–Kier alpha value is -2.17. The zero-order valence-corrected chi connectivity index (χ0v) is 14.6. The molecule has 0 N–H and O–H groups in total. The van der Waals surface area contributed by atoms with Crippen LogP contribution in [0.4, 0.5) is 0 Å². The van der Waals surface area contributed by atoms with Crippen molar-refractivity contribution in [2.24, 2.45) is 0 Å². The van der Waals surface area contributed by atoms with Crippen LogP contribution in [0, 0.1) is 0 Å². The molecule has 0 aliphatic carbocycles. The lowest BCUT2D eigenvalue weighted by Crippen LogP contribution is -2.32. The fraction of sp³-hybridized carbons (Fsp3) is 0.381.